The molecule has 0 saturated heterocycles. The summed E-state index contributed by atoms with van der Waals surface area (Å²) in [6, 6.07) is 9.99. The summed E-state index contributed by atoms with van der Waals surface area (Å²) in [5, 5.41) is 4.26. The molecule has 0 atom stereocenters. The number of hydrazone groups is 1. The van der Waals surface area contributed by atoms with Gasteiger partial charge >= 0.3 is 0 Å². The van der Waals surface area contributed by atoms with Gasteiger partial charge < -0.3 is 0 Å². The molecule has 15 heavy (non-hydrogen) atoms. The van der Waals surface area contributed by atoms with Crippen molar-refractivity contribution in [2.24, 2.45) is 5.10 Å². The van der Waals surface area contributed by atoms with Gasteiger partial charge in [0, 0.05) is 5.56 Å². The highest BCUT2D eigenvalue weighted by Gasteiger charge is 2.18. The zero-order valence-electron chi connectivity index (χ0n) is 8.30. The fourth-order valence-electron chi connectivity index (χ4n) is 1.34. The lowest BCUT2D eigenvalue weighted by atomic mass is 10.1. The van der Waals surface area contributed by atoms with Crippen LogP contribution in [0.4, 0.5) is 0 Å². The van der Waals surface area contributed by atoms with Gasteiger partial charge in [-0.15, -0.1) is 4.41 Å². The molecule has 5 heteroatoms. The quantitative estimate of drug-likeness (QED) is 0.627. The summed E-state index contributed by atoms with van der Waals surface area (Å²) >= 11 is 6.90. The second kappa shape index (κ2) is 4.74. The van der Waals surface area contributed by atoms with Crippen molar-refractivity contribution in [1.29, 1.82) is 0 Å². The van der Waals surface area contributed by atoms with Crippen molar-refractivity contribution in [2.75, 3.05) is 12.8 Å². The van der Waals surface area contributed by atoms with Crippen LogP contribution in [0.2, 0.25) is 0 Å². The largest absolute Gasteiger partial charge is 0.229 e. The van der Waals surface area contributed by atoms with E-state index < -0.39 is 0 Å². The van der Waals surface area contributed by atoms with E-state index in [2.05, 4.69) is 10.6 Å². The molecule has 1 aromatic carbocycles. The van der Waals surface area contributed by atoms with Crippen LogP contribution in [-0.4, -0.2) is 27.8 Å². The van der Waals surface area contributed by atoms with Crippen molar-refractivity contribution < 1.29 is 0 Å². The maximum absolute atomic E-state index is 5.33. The van der Waals surface area contributed by atoms with E-state index in [1.54, 1.807) is 11.9 Å². The third-order valence-electron chi connectivity index (χ3n) is 2.09. The summed E-state index contributed by atoms with van der Waals surface area (Å²) in [5.41, 5.74) is 4.88. The number of thiocarbonyl (C=S) groups is 1. The van der Waals surface area contributed by atoms with Crippen molar-refractivity contribution >= 4 is 34.7 Å². The number of benzene rings is 1. The molecule has 1 heterocycles. The van der Waals surface area contributed by atoms with E-state index in [1.807, 2.05) is 41.0 Å². The van der Waals surface area contributed by atoms with E-state index in [0.717, 1.165) is 16.1 Å². The average molecular weight is 237 g/mol. The smallest absolute Gasteiger partial charge is 0.107 e. The Morgan fingerprint density at radius 1 is 1.40 bits per heavy atom. The monoisotopic (exact) mass is 237 g/mol. The first-order valence-electron chi connectivity index (χ1n) is 4.55. The number of hydrazine groups is 1. The fourth-order valence-corrected chi connectivity index (χ4v) is 2.09. The van der Waals surface area contributed by atoms with Crippen molar-refractivity contribution in [3.63, 3.8) is 0 Å². The molecule has 0 radical (unpaired) electrons. The molecule has 0 amide bonds. The third-order valence-corrected chi connectivity index (χ3v) is 3.07. The van der Waals surface area contributed by atoms with Gasteiger partial charge in [-0.2, -0.15) is 5.10 Å². The molecule has 0 saturated carbocycles. The van der Waals surface area contributed by atoms with Crippen molar-refractivity contribution in [3.8, 4) is 0 Å². The molecule has 0 aliphatic carbocycles. The van der Waals surface area contributed by atoms with Crippen LogP contribution in [0, 0.1) is 0 Å². The summed E-state index contributed by atoms with van der Waals surface area (Å²) in [5.74, 6) is 0. The lowest BCUT2D eigenvalue weighted by Gasteiger charge is -2.24. The Morgan fingerprint density at radius 2 is 2.13 bits per heavy atom. The molecule has 1 aliphatic rings. The first-order chi connectivity index (χ1) is 7.31. The lowest BCUT2D eigenvalue weighted by molar-refractivity contribution is 0.402. The number of nitrogens with zero attached hydrogens (tertiary/aromatic N) is 2. The molecule has 1 aromatic rings. The molecule has 0 fully saturated rings. The second-order valence-corrected chi connectivity index (χ2v) is 4.37. The van der Waals surface area contributed by atoms with Gasteiger partial charge in [-0.1, -0.05) is 54.5 Å². The zero-order valence-corrected chi connectivity index (χ0v) is 9.94. The van der Waals surface area contributed by atoms with Crippen molar-refractivity contribution in [1.82, 2.24) is 9.95 Å². The highest BCUT2D eigenvalue weighted by Crippen LogP contribution is 2.11. The molecular weight excluding hydrogens is 226 g/mol. The fraction of sp³-hybridized carbons (Fsp3) is 0.200. The Balaban J connectivity index is 2.24. The van der Waals surface area contributed by atoms with Gasteiger partial charge in [-0.3, -0.25) is 0 Å². The molecule has 0 spiro atoms. The Hall–Kier alpha value is -0.910. The van der Waals surface area contributed by atoms with Gasteiger partial charge in [0.2, 0.25) is 0 Å². The maximum atomic E-state index is 5.33. The Bertz CT molecular complexity index is 389. The molecule has 1 N–H and O–H groups in total. The van der Waals surface area contributed by atoms with E-state index in [4.69, 9.17) is 12.2 Å². The Labute approximate surface area is 98.6 Å². The van der Waals surface area contributed by atoms with Crippen LogP contribution in [0.15, 0.2) is 35.4 Å². The molecule has 0 aromatic heterocycles. The minimum Gasteiger partial charge on any atom is -0.229 e. The van der Waals surface area contributed by atoms with Crippen LogP contribution in [-0.2, 0) is 0 Å². The molecule has 1 aliphatic heterocycles. The van der Waals surface area contributed by atoms with Crippen molar-refractivity contribution in [2.45, 2.75) is 0 Å². The van der Waals surface area contributed by atoms with Crippen molar-refractivity contribution in [3.05, 3.63) is 35.9 Å². The first-order valence-corrected chi connectivity index (χ1v) is 6.14. The van der Waals surface area contributed by atoms with E-state index in [-0.39, 0.29) is 0 Å². The third kappa shape index (κ3) is 2.37. The van der Waals surface area contributed by atoms with Gasteiger partial charge in [0.05, 0.1) is 11.4 Å². The van der Waals surface area contributed by atoms with Crippen LogP contribution in [0.25, 0.3) is 0 Å². The van der Waals surface area contributed by atoms with Gasteiger partial charge in [0.25, 0.3) is 0 Å². The molecule has 0 bridgehead atoms. The number of hydrogen-bond acceptors (Lipinski definition) is 5. The summed E-state index contributed by atoms with van der Waals surface area (Å²) in [7, 11) is 0. The second-order valence-electron chi connectivity index (χ2n) is 3.07. The predicted molar refractivity (Wildman–Crippen MR) is 68.9 cm³/mol. The molecule has 78 valence electrons. The van der Waals surface area contributed by atoms with E-state index >= 15 is 0 Å². The minimum absolute atomic E-state index is 0.713. The molecule has 3 nitrogen and oxygen atoms in total. The summed E-state index contributed by atoms with van der Waals surface area (Å²) in [4.78, 5) is 0.870. The zero-order chi connectivity index (χ0) is 10.7. The van der Waals surface area contributed by atoms with Crippen LogP contribution in [0.5, 0.6) is 0 Å². The summed E-state index contributed by atoms with van der Waals surface area (Å²) in [6.45, 7) is 0.713. The number of hydrogen-bond donors (Lipinski definition) is 1. The Morgan fingerprint density at radius 3 is 2.73 bits per heavy atom. The highest BCUT2D eigenvalue weighted by atomic mass is 32.2. The summed E-state index contributed by atoms with van der Waals surface area (Å²) in [6.07, 6.45) is 1.98. The van der Waals surface area contributed by atoms with Crippen LogP contribution >= 0.6 is 24.2 Å². The van der Waals surface area contributed by atoms with E-state index in [9.17, 15) is 0 Å². The molecule has 0 unspecified atom stereocenters. The molecular formula is C10H11N3S2. The standard InChI is InChI=1S/C10H11N3S2/c1-15-13-7-9(14)10(11-12-13)8-5-3-2-4-6-8/h2-6,12H,7H2,1H3. The van der Waals surface area contributed by atoms with Gasteiger partial charge in [-0.25, -0.2) is 5.53 Å². The average Bonchev–Trinajstić information content (AvgIpc) is 2.30. The summed E-state index contributed by atoms with van der Waals surface area (Å²) < 4.78 is 1.90. The lowest BCUT2D eigenvalue weighted by Crippen LogP contribution is -2.41. The number of nitrogens with one attached hydrogen (secondary N) is 1. The number of rotatable bonds is 2. The normalized spacial score (nSPS) is 17.1. The van der Waals surface area contributed by atoms with Gasteiger partial charge in [-0.05, 0) is 6.26 Å². The minimum atomic E-state index is 0.713. The van der Waals surface area contributed by atoms with Crippen LogP contribution < -0.4 is 5.53 Å². The topological polar surface area (TPSA) is 27.6 Å². The van der Waals surface area contributed by atoms with Crippen LogP contribution in [0.3, 0.4) is 0 Å². The highest BCUT2D eigenvalue weighted by molar-refractivity contribution is 7.96. The van der Waals surface area contributed by atoms with Gasteiger partial charge in [0.15, 0.2) is 0 Å². The van der Waals surface area contributed by atoms with E-state index in [1.165, 1.54) is 0 Å². The predicted octanol–water partition coefficient (Wildman–Crippen LogP) is 1.86. The molecule has 2 rings (SSSR count). The SMILES string of the molecule is CSN1CC(=S)C(c2ccccc2)=NN1. The Kier molecular flexibility index (Phi) is 3.35. The van der Waals surface area contributed by atoms with E-state index in [0.29, 0.717) is 6.54 Å². The van der Waals surface area contributed by atoms with Gasteiger partial charge in [0.1, 0.15) is 5.71 Å². The first kappa shape index (κ1) is 10.6. The van der Waals surface area contributed by atoms with Crippen LogP contribution in [0.1, 0.15) is 5.56 Å². The maximum Gasteiger partial charge on any atom is 0.107 e.